The fourth-order valence-electron chi connectivity index (χ4n) is 2.67. The molecule has 1 saturated heterocycles. The Morgan fingerprint density at radius 3 is 3.17 bits per heavy atom. The maximum atomic E-state index is 11.3. The molecule has 1 aliphatic rings. The quantitative estimate of drug-likeness (QED) is 0.721. The number of rotatable bonds is 7. The average molecular weight is 336 g/mol. The molecule has 0 radical (unpaired) electrons. The van der Waals surface area contributed by atoms with Gasteiger partial charge in [0.15, 0.2) is 11.5 Å². The zero-order chi connectivity index (χ0) is 16.9. The van der Waals surface area contributed by atoms with E-state index in [1.165, 1.54) is 10.7 Å². The van der Waals surface area contributed by atoms with Gasteiger partial charge < -0.3 is 24.2 Å². The molecule has 9 heteroatoms. The molecule has 0 saturated carbocycles. The highest BCUT2D eigenvalue weighted by molar-refractivity contribution is 5.87. The number of carboxylic acids is 1. The highest BCUT2D eigenvalue weighted by Crippen LogP contribution is 2.22. The van der Waals surface area contributed by atoms with E-state index in [2.05, 4.69) is 15.0 Å². The van der Waals surface area contributed by atoms with E-state index in [1.54, 1.807) is 19.4 Å². The van der Waals surface area contributed by atoms with E-state index in [-0.39, 0.29) is 11.8 Å². The highest BCUT2D eigenvalue weighted by Gasteiger charge is 2.24. The minimum atomic E-state index is -1.06. The van der Waals surface area contributed by atoms with Crippen LogP contribution < -0.4 is 4.90 Å². The van der Waals surface area contributed by atoms with Crippen LogP contribution in [0, 0.1) is 0 Å². The summed E-state index contributed by atoms with van der Waals surface area (Å²) in [5.74, 6) is -0.364. The van der Waals surface area contributed by atoms with Crippen molar-refractivity contribution in [3.05, 3.63) is 24.2 Å². The Balaban J connectivity index is 1.74. The van der Waals surface area contributed by atoms with E-state index >= 15 is 0 Å². The maximum absolute atomic E-state index is 11.3. The zero-order valence-electron chi connectivity index (χ0n) is 13.4. The number of fused-ring (bicyclic) bond motifs is 1. The lowest BCUT2D eigenvalue weighted by Gasteiger charge is -2.33. The molecule has 0 aliphatic carbocycles. The third-order valence-corrected chi connectivity index (χ3v) is 3.80. The molecule has 0 spiro atoms. The van der Waals surface area contributed by atoms with Crippen molar-refractivity contribution in [3.63, 3.8) is 0 Å². The predicted molar refractivity (Wildman–Crippen MR) is 84.6 cm³/mol. The van der Waals surface area contributed by atoms with Crippen LogP contribution in [0.5, 0.6) is 0 Å². The summed E-state index contributed by atoms with van der Waals surface area (Å²) in [6.07, 6.45) is 2.83. The molecule has 0 amide bonds. The summed E-state index contributed by atoms with van der Waals surface area (Å²) in [5.41, 5.74) is 0.697. The van der Waals surface area contributed by atoms with Gasteiger partial charge in [0.2, 0.25) is 0 Å². The third-order valence-electron chi connectivity index (χ3n) is 3.80. The lowest BCUT2D eigenvalue weighted by atomic mass is 10.2. The van der Waals surface area contributed by atoms with Crippen molar-refractivity contribution in [1.29, 1.82) is 0 Å². The molecule has 1 fully saturated rings. The second-order valence-electron chi connectivity index (χ2n) is 5.41. The molecule has 24 heavy (non-hydrogen) atoms. The van der Waals surface area contributed by atoms with Crippen LogP contribution in [-0.2, 0) is 14.2 Å². The summed E-state index contributed by atoms with van der Waals surface area (Å²) >= 11 is 0. The molecule has 2 aromatic heterocycles. The van der Waals surface area contributed by atoms with Crippen LogP contribution in [0.15, 0.2) is 18.5 Å². The summed E-state index contributed by atoms with van der Waals surface area (Å²) in [5, 5.41) is 13.3. The van der Waals surface area contributed by atoms with Gasteiger partial charge >= 0.3 is 5.97 Å². The lowest BCUT2D eigenvalue weighted by Crippen LogP contribution is -2.45. The summed E-state index contributed by atoms with van der Waals surface area (Å²) in [6, 6.07) is 1.76. The number of methoxy groups -OCH3 is 1. The van der Waals surface area contributed by atoms with Gasteiger partial charge in [-0.05, 0) is 6.07 Å². The molecule has 130 valence electrons. The molecule has 1 aliphatic heterocycles. The molecule has 1 unspecified atom stereocenters. The number of nitrogens with zero attached hydrogens (tertiary/aromatic N) is 4. The van der Waals surface area contributed by atoms with Crippen molar-refractivity contribution in [2.75, 3.05) is 51.5 Å². The molecule has 3 rings (SSSR count). The minimum absolute atomic E-state index is 0.0338. The Morgan fingerprint density at radius 1 is 1.50 bits per heavy atom. The molecule has 9 nitrogen and oxygen atoms in total. The Morgan fingerprint density at radius 2 is 2.38 bits per heavy atom. The van der Waals surface area contributed by atoms with Crippen LogP contribution in [0.2, 0.25) is 0 Å². The first-order valence-corrected chi connectivity index (χ1v) is 7.70. The minimum Gasteiger partial charge on any atom is -0.476 e. The largest absolute Gasteiger partial charge is 0.476 e. The van der Waals surface area contributed by atoms with Gasteiger partial charge in [-0.15, -0.1) is 0 Å². The van der Waals surface area contributed by atoms with Gasteiger partial charge in [-0.2, -0.15) is 5.10 Å². The van der Waals surface area contributed by atoms with E-state index in [9.17, 15) is 9.90 Å². The van der Waals surface area contributed by atoms with Crippen LogP contribution in [0.3, 0.4) is 0 Å². The maximum Gasteiger partial charge on any atom is 0.356 e. The summed E-state index contributed by atoms with van der Waals surface area (Å²) in [7, 11) is 1.63. The van der Waals surface area contributed by atoms with Gasteiger partial charge in [0.25, 0.3) is 0 Å². The molecular formula is C15H20N4O5. The zero-order valence-corrected chi connectivity index (χ0v) is 13.4. The molecule has 0 aromatic carbocycles. The fraction of sp³-hybridized carbons (Fsp3) is 0.533. The summed E-state index contributed by atoms with van der Waals surface area (Å²) in [6.45, 7) is 3.39. The standard InChI is InChI=1S/C15H20N4O5/c1-22-6-7-23-10-11-9-18(4-5-24-11)14-12-2-3-17-19(12)13(8-16-14)15(20)21/h2-3,8,11H,4-7,9-10H2,1H3,(H,20,21). The van der Waals surface area contributed by atoms with Crippen LogP contribution in [0.1, 0.15) is 10.5 Å². The average Bonchev–Trinajstić information content (AvgIpc) is 3.07. The number of hydrogen-bond acceptors (Lipinski definition) is 7. The number of hydrogen-bond donors (Lipinski definition) is 1. The van der Waals surface area contributed by atoms with E-state index < -0.39 is 5.97 Å². The predicted octanol–water partition coefficient (Wildman–Crippen LogP) is 0.296. The van der Waals surface area contributed by atoms with Crippen LogP contribution >= 0.6 is 0 Å². The molecule has 0 bridgehead atoms. The number of morpholine rings is 1. The molecule has 1 atom stereocenters. The van der Waals surface area contributed by atoms with Gasteiger partial charge in [0, 0.05) is 20.2 Å². The summed E-state index contributed by atoms with van der Waals surface area (Å²) < 4.78 is 17.6. The Hall–Kier alpha value is -2.23. The van der Waals surface area contributed by atoms with Gasteiger partial charge in [0.05, 0.1) is 44.9 Å². The number of carboxylic acid groups (broad SMARTS) is 1. The normalized spacial score (nSPS) is 18.2. The second kappa shape index (κ2) is 7.56. The molecule has 1 N–H and O–H groups in total. The Labute approximate surface area is 138 Å². The number of ether oxygens (including phenoxy) is 3. The van der Waals surface area contributed by atoms with Crippen molar-refractivity contribution >= 4 is 17.3 Å². The topological polar surface area (TPSA) is 98.4 Å². The van der Waals surface area contributed by atoms with E-state index in [0.717, 1.165) is 0 Å². The van der Waals surface area contributed by atoms with Crippen LogP contribution in [0.4, 0.5) is 5.82 Å². The van der Waals surface area contributed by atoms with Crippen LogP contribution in [-0.4, -0.2) is 78.4 Å². The first-order valence-electron chi connectivity index (χ1n) is 7.70. The first kappa shape index (κ1) is 16.6. The first-order chi connectivity index (χ1) is 11.7. The van der Waals surface area contributed by atoms with Crippen molar-refractivity contribution in [1.82, 2.24) is 14.6 Å². The number of carbonyl (C=O) groups is 1. The third kappa shape index (κ3) is 3.48. The SMILES string of the molecule is COCCOCC1CN(c2ncc(C(=O)O)n3nccc23)CCO1. The monoisotopic (exact) mass is 336 g/mol. The Bertz CT molecular complexity index is 704. The van der Waals surface area contributed by atoms with Crippen molar-refractivity contribution in [3.8, 4) is 0 Å². The number of aromatic nitrogens is 3. The van der Waals surface area contributed by atoms with Crippen molar-refractivity contribution < 1.29 is 24.1 Å². The molecule has 2 aromatic rings. The van der Waals surface area contributed by atoms with Crippen LogP contribution in [0.25, 0.3) is 5.52 Å². The van der Waals surface area contributed by atoms with Gasteiger partial charge in [-0.3, -0.25) is 0 Å². The molecule has 3 heterocycles. The highest BCUT2D eigenvalue weighted by atomic mass is 16.5. The smallest absolute Gasteiger partial charge is 0.356 e. The fourth-order valence-corrected chi connectivity index (χ4v) is 2.67. The number of aromatic carboxylic acids is 1. The van der Waals surface area contributed by atoms with Crippen molar-refractivity contribution in [2.45, 2.75) is 6.10 Å². The van der Waals surface area contributed by atoms with E-state index in [0.29, 0.717) is 50.9 Å². The van der Waals surface area contributed by atoms with Crippen molar-refractivity contribution in [2.24, 2.45) is 0 Å². The molecular weight excluding hydrogens is 316 g/mol. The van der Waals surface area contributed by atoms with Gasteiger partial charge in [-0.25, -0.2) is 14.3 Å². The summed E-state index contributed by atoms with van der Waals surface area (Å²) in [4.78, 5) is 17.7. The lowest BCUT2D eigenvalue weighted by molar-refractivity contribution is -0.0330. The second-order valence-corrected chi connectivity index (χ2v) is 5.41. The van der Waals surface area contributed by atoms with E-state index in [1.807, 2.05) is 0 Å². The number of anilines is 1. The van der Waals surface area contributed by atoms with Gasteiger partial charge in [-0.1, -0.05) is 0 Å². The van der Waals surface area contributed by atoms with Gasteiger partial charge in [0.1, 0.15) is 5.52 Å². The van der Waals surface area contributed by atoms with E-state index in [4.69, 9.17) is 14.2 Å². The Kier molecular flexibility index (Phi) is 5.24.